The molecular formula is C16H21N3O. The quantitative estimate of drug-likeness (QED) is 0.898. The number of aromatic hydroxyl groups is 1. The normalized spacial score (nSPS) is 17.4. The highest BCUT2D eigenvalue weighted by atomic mass is 16.3. The van der Waals surface area contributed by atoms with Crippen LogP contribution in [-0.4, -0.2) is 14.9 Å². The molecule has 0 aliphatic heterocycles. The maximum Gasteiger partial charge on any atom is 0.115 e. The summed E-state index contributed by atoms with van der Waals surface area (Å²) in [5, 5.41) is 17.6. The van der Waals surface area contributed by atoms with E-state index < -0.39 is 0 Å². The average Bonchev–Trinajstić information content (AvgIpc) is 2.99. The summed E-state index contributed by atoms with van der Waals surface area (Å²) in [5.74, 6) is 0.366. The Balaban J connectivity index is 1.71. The predicted octanol–water partition coefficient (Wildman–Crippen LogP) is 2.47. The van der Waals surface area contributed by atoms with Gasteiger partial charge in [-0.1, -0.05) is 13.0 Å². The summed E-state index contributed by atoms with van der Waals surface area (Å²) in [4.78, 5) is 0. The summed E-state index contributed by atoms with van der Waals surface area (Å²) >= 11 is 0. The molecule has 4 heteroatoms. The minimum Gasteiger partial charge on any atom is -0.508 e. The predicted molar refractivity (Wildman–Crippen MR) is 78.6 cm³/mol. The van der Waals surface area contributed by atoms with Crippen molar-refractivity contribution in [2.24, 2.45) is 7.05 Å². The largest absolute Gasteiger partial charge is 0.508 e. The first-order valence-electron chi connectivity index (χ1n) is 7.24. The number of aryl methyl sites for hydroxylation is 3. The highest BCUT2D eigenvalue weighted by Gasteiger charge is 2.22. The lowest BCUT2D eigenvalue weighted by atomic mass is 10.1. The van der Waals surface area contributed by atoms with Crippen LogP contribution in [0.2, 0.25) is 0 Å². The molecule has 106 valence electrons. The molecule has 4 nitrogen and oxygen atoms in total. The first-order valence-corrected chi connectivity index (χ1v) is 7.24. The van der Waals surface area contributed by atoms with Gasteiger partial charge in [0.1, 0.15) is 5.75 Å². The maximum absolute atomic E-state index is 9.53. The van der Waals surface area contributed by atoms with E-state index in [2.05, 4.69) is 23.5 Å². The van der Waals surface area contributed by atoms with E-state index in [9.17, 15) is 5.11 Å². The molecule has 1 unspecified atom stereocenters. The number of phenolic OH excluding ortho intramolecular Hbond substituents is 1. The van der Waals surface area contributed by atoms with Gasteiger partial charge in [-0.05, 0) is 42.5 Å². The molecule has 1 aliphatic carbocycles. The summed E-state index contributed by atoms with van der Waals surface area (Å²) in [6.45, 7) is 2.99. The van der Waals surface area contributed by atoms with Crippen molar-refractivity contribution in [3.05, 3.63) is 46.8 Å². The van der Waals surface area contributed by atoms with E-state index in [1.807, 2.05) is 23.9 Å². The van der Waals surface area contributed by atoms with Gasteiger partial charge in [-0.3, -0.25) is 4.68 Å². The number of benzene rings is 1. The number of aromatic nitrogens is 2. The third kappa shape index (κ3) is 2.43. The van der Waals surface area contributed by atoms with Crippen molar-refractivity contribution in [3.63, 3.8) is 0 Å². The molecule has 0 fully saturated rings. The van der Waals surface area contributed by atoms with Crippen molar-refractivity contribution in [2.45, 2.75) is 38.8 Å². The van der Waals surface area contributed by atoms with E-state index in [0.717, 1.165) is 25.8 Å². The molecule has 1 heterocycles. The summed E-state index contributed by atoms with van der Waals surface area (Å²) in [5.41, 5.74) is 5.04. The second-order valence-electron chi connectivity index (χ2n) is 5.48. The minimum absolute atomic E-state index is 0.366. The zero-order chi connectivity index (χ0) is 14.1. The van der Waals surface area contributed by atoms with Crippen LogP contribution < -0.4 is 5.32 Å². The smallest absolute Gasteiger partial charge is 0.115 e. The van der Waals surface area contributed by atoms with Gasteiger partial charge in [0.2, 0.25) is 0 Å². The Bertz CT molecular complexity index is 618. The molecule has 2 N–H and O–H groups in total. The Kier molecular flexibility index (Phi) is 3.49. The lowest BCUT2D eigenvalue weighted by molar-refractivity contribution is 0.474. The number of nitrogens with one attached hydrogen (secondary N) is 1. The monoisotopic (exact) mass is 271 g/mol. The number of fused-ring (bicyclic) bond motifs is 1. The van der Waals surface area contributed by atoms with Gasteiger partial charge in [0.05, 0.1) is 5.69 Å². The highest BCUT2D eigenvalue weighted by Crippen LogP contribution is 2.33. The molecule has 0 saturated carbocycles. The van der Waals surface area contributed by atoms with Gasteiger partial charge in [-0.2, -0.15) is 5.10 Å². The number of hydrogen-bond donors (Lipinski definition) is 2. The van der Waals surface area contributed by atoms with Crippen molar-refractivity contribution in [1.29, 1.82) is 0 Å². The summed E-state index contributed by atoms with van der Waals surface area (Å²) in [7, 11) is 1.97. The molecule has 0 saturated heterocycles. The van der Waals surface area contributed by atoms with Crippen LogP contribution in [-0.2, 0) is 26.4 Å². The van der Waals surface area contributed by atoms with Gasteiger partial charge >= 0.3 is 0 Å². The topological polar surface area (TPSA) is 50.1 Å². The summed E-state index contributed by atoms with van der Waals surface area (Å²) < 4.78 is 1.89. The lowest BCUT2D eigenvalue weighted by Crippen LogP contribution is -2.19. The van der Waals surface area contributed by atoms with Crippen LogP contribution >= 0.6 is 0 Å². The number of rotatable bonds is 4. The maximum atomic E-state index is 9.53. The van der Waals surface area contributed by atoms with Crippen LogP contribution in [0, 0.1) is 0 Å². The fourth-order valence-electron chi connectivity index (χ4n) is 3.08. The first-order chi connectivity index (χ1) is 9.67. The molecule has 1 atom stereocenters. The third-order valence-corrected chi connectivity index (χ3v) is 4.07. The van der Waals surface area contributed by atoms with Gasteiger partial charge in [-0.25, -0.2) is 0 Å². The van der Waals surface area contributed by atoms with Gasteiger partial charge in [0.25, 0.3) is 0 Å². The Morgan fingerprint density at radius 1 is 1.45 bits per heavy atom. The summed E-state index contributed by atoms with van der Waals surface area (Å²) in [6.07, 6.45) is 5.20. The Morgan fingerprint density at radius 2 is 2.30 bits per heavy atom. The molecule has 0 amide bonds. The van der Waals surface area contributed by atoms with Gasteiger partial charge in [-0.15, -0.1) is 0 Å². The second-order valence-corrected chi connectivity index (χ2v) is 5.48. The molecule has 3 rings (SSSR count). The number of nitrogens with zero attached hydrogens (tertiary/aromatic N) is 2. The molecular weight excluding hydrogens is 250 g/mol. The van der Waals surface area contributed by atoms with Crippen molar-refractivity contribution in [3.8, 4) is 5.75 Å². The molecule has 1 aromatic heterocycles. The van der Waals surface area contributed by atoms with E-state index in [-0.39, 0.29) is 0 Å². The van der Waals surface area contributed by atoms with Crippen molar-refractivity contribution >= 4 is 0 Å². The van der Waals surface area contributed by atoms with Gasteiger partial charge in [0.15, 0.2) is 0 Å². The molecule has 0 bridgehead atoms. The van der Waals surface area contributed by atoms with Crippen LogP contribution in [0.25, 0.3) is 0 Å². The minimum atomic E-state index is 0.366. The molecule has 20 heavy (non-hydrogen) atoms. The third-order valence-electron chi connectivity index (χ3n) is 4.07. The first kappa shape index (κ1) is 13.2. The highest BCUT2D eigenvalue weighted by molar-refractivity contribution is 5.40. The van der Waals surface area contributed by atoms with Crippen LogP contribution in [0.5, 0.6) is 5.75 Å². The van der Waals surface area contributed by atoms with E-state index in [1.54, 1.807) is 6.07 Å². The fraction of sp³-hybridized carbons (Fsp3) is 0.438. The fourth-order valence-corrected chi connectivity index (χ4v) is 3.08. The average molecular weight is 271 g/mol. The lowest BCUT2D eigenvalue weighted by Gasteiger charge is -2.14. The van der Waals surface area contributed by atoms with Crippen LogP contribution in [0.15, 0.2) is 24.4 Å². The van der Waals surface area contributed by atoms with Crippen molar-refractivity contribution in [1.82, 2.24) is 15.1 Å². The Hall–Kier alpha value is -1.81. The Morgan fingerprint density at radius 3 is 3.10 bits per heavy atom. The van der Waals surface area contributed by atoms with Crippen molar-refractivity contribution in [2.75, 3.05) is 0 Å². The Labute approximate surface area is 119 Å². The molecule has 2 aromatic rings. The van der Waals surface area contributed by atoms with Gasteiger partial charge in [0, 0.05) is 31.4 Å². The van der Waals surface area contributed by atoms with Crippen LogP contribution in [0.3, 0.4) is 0 Å². The summed E-state index contributed by atoms with van der Waals surface area (Å²) in [6, 6.07) is 6.09. The van der Waals surface area contributed by atoms with E-state index in [4.69, 9.17) is 0 Å². The second kappa shape index (κ2) is 5.29. The van der Waals surface area contributed by atoms with E-state index in [1.165, 1.54) is 22.4 Å². The van der Waals surface area contributed by atoms with Crippen molar-refractivity contribution < 1.29 is 5.11 Å². The van der Waals surface area contributed by atoms with E-state index >= 15 is 0 Å². The molecule has 1 aromatic carbocycles. The van der Waals surface area contributed by atoms with Gasteiger partial charge < -0.3 is 10.4 Å². The SMILES string of the molecule is CCc1nn(C)cc1CNC1CCc2cc(O)ccc21. The zero-order valence-corrected chi connectivity index (χ0v) is 12.1. The van der Waals surface area contributed by atoms with Crippen LogP contribution in [0.4, 0.5) is 0 Å². The van der Waals surface area contributed by atoms with E-state index in [0.29, 0.717) is 11.8 Å². The molecule has 1 aliphatic rings. The number of hydrogen-bond acceptors (Lipinski definition) is 3. The van der Waals surface area contributed by atoms with Crippen LogP contribution in [0.1, 0.15) is 41.8 Å². The molecule has 0 spiro atoms. The zero-order valence-electron chi connectivity index (χ0n) is 12.1. The number of phenols is 1. The molecule has 0 radical (unpaired) electrons. The standard InChI is InChI=1S/C16H21N3O/c1-3-15-12(10-19(2)18-15)9-17-16-7-4-11-8-13(20)5-6-14(11)16/h5-6,8,10,16-17,20H,3-4,7,9H2,1-2H3.